The number of rotatable bonds is 7. The summed E-state index contributed by atoms with van der Waals surface area (Å²) in [5.74, 6) is -4.07. The van der Waals surface area contributed by atoms with E-state index in [1.807, 2.05) is 0 Å². The topological polar surface area (TPSA) is 193 Å². The highest BCUT2D eigenvalue weighted by atomic mass is 32.2. The Kier molecular flexibility index (Phi) is 6.31. The lowest BCUT2D eigenvalue weighted by Crippen LogP contribution is -2.45. The van der Waals surface area contributed by atoms with E-state index in [0.29, 0.717) is 0 Å². The molecule has 0 spiro atoms. The fourth-order valence-corrected chi connectivity index (χ4v) is 1.50. The second kappa shape index (κ2) is 6.76. The van der Waals surface area contributed by atoms with Crippen molar-refractivity contribution in [1.82, 2.24) is 10.6 Å². The molecule has 1 unspecified atom stereocenters. The molecule has 0 heterocycles. The molecule has 112 valence electrons. The summed E-state index contributed by atoms with van der Waals surface area (Å²) in [7, 11) is -8.80. The van der Waals surface area contributed by atoms with Crippen LogP contribution in [0.4, 0.5) is 0 Å². The number of hydrogen-bond donors (Lipinski definition) is 5. The van der Waals surface area contributed by atoms with Crippen LogP contribution in [0.1, 0.15) is 6.42 Å². The Morgan fingerprint density at radius 2 is 1.42 bits per heavy atom. The zero-order valence-electron chi connectivity index (χ0n) is 9.44. The van der Waals surface area contributed by atoms with Gasteiger partial charge >= 0.3 is 0 Å². The van der Waals surface area contributed by atoms with Crippen molar-refractivity contribution < 1.29 is 35.5 Å². The molecule has 2 amide bonds. The number of carbonyl (C=O) groups is 2. The van der Waals surface area contributed by atoms with E-state index in [0.717, 1.165) is 0 Å². The van der Waals surface area contributed by atoms with Gasteiger partial charge in [-0.25, -0.2) is 0 Å². The smallest absolute Gasteiger partial charge is 0.283 e. The molecule has 0 aromatic heterocycles. The summed E-state index contributed by atoms with van der Waals surface area (Å²) in [6.07, 6.45) is -0.632. The van der Waals surface area contributed by atoms with E-state index in [-0.39, 0.29) is 0 Å². The van der Waals surface area contributed by atoms with Gasteiger partial charge in [-0.3, -0.25) is 18.7 Å². The Balaban J connectivity index is 4.19. The predicted octanol–water partition coefficient (Wildman–Crippen LogP) is -3.37. The number of nitrogens with one attached hydrogen (secondary N) is 2. The second-order valence-corrected chi connectivity index (χ2v) is 6.31. The molecule has 0 aromatic rings. The van der Waals surface area contributed by atoms with E-state index >= 15 is 0 Å². The second-order valence-electron chi connectivity index (χ2n) is 3.40. The number of amides is 2. The van der Waals surface area contributed by atoms with Gasteiger partial charge in [0.1, 0.15) is 11.8 Å². The monoisotopic (exact) mass is 319 g/mol. The number of carbonyl (C=O) groups excluding carboxylic acids is 2. The minimum Gasteiger partial charge on any atom is -0.340 e. The van der Waals surface area contributed by atoms with Gasteiger partial charge in [0.15, 0.2) is 0 Å². The van der Waals surface area contributed by atoms with Gasteiger partial charge in [-0.15, -0.1) is 0 Å². The first-order valence-electron chi connectivity index (χ1n) is 4.61. The zero-order valence-corrected chi connectivity index (χ0v) is 11.1. The number of hydrogen-bond acceptors (Lipinski definition) is 7. The first-order chi connectivity index (χ1) is 8.41. The predicted molar refractivity (Wildman–Crippen MR) is 61.7 cm³/mol. The molecule has 6 N–H and O–H groups in total. The van der Waals surface area contributed by atoms with Crippen LogP contribution in [-0.4, -0.2) is 55.6 Å². The zero-order chi connectivity index (χ0) is 15.3. The van der Waals surface area contributed by atoms with Crippen LogP contribution in [0.3, 0.4) is 0 Å². The summed E-state index contributed by atoms with van der Waals surface area (Å²) in [6.45, 7) is 0. The summed E-state index contributed by atoms with van der Waals surface area (Å²) in [5, 5.41) is 3.53. The molecule has 0 rings (SSSR count). The SMILES string of the molecule is NC(CC(=O)NCS(=O)(=O)O)C(=O)NCS(=O)(=O)O. The van der Waals surface area contributed by atoms with Crippen LogP contribution in [0, 0.1) is 0 Å². The normalized spacial score (nSPS) is 13.6. The van der Waals surface area contributed by atoms with Crippen LogP contribution >= 0.6 is 0 Å². The minimum absolute atomic E-state index is 0.632. The Morgan fingerprint density at radius 3 is 1.84 bits per heavy atom. The molecule has 13 heteroatoms. The van der Waals surface area contributed by atoms with Crippen molar-refractivity contribution in [1.29, 1.82) is 0 Å². The van der Waals surface area contributed by atoms with E-state index in [2.05, 4.69) is 0 Å². The fourth-order valence-electron chi connectivity index (χ4n) is 0.830. The van der Waals surface area contributed by atoms with Gasteiger partial charge in [-0.05, 0) is 0 Å². The molecule has 0 saturated carbocycles. The molecule has 0 saturated heterocycles. The standard InChI is InChI=1S/C6H13N3O8S2/c7-4(6(11)9-3-19(15,16)17)1-5(10)8-2-18(12,13)14/h4H,1-3,7H2,(H,8,10)(H,9,11)(H,12,13,14)(H,15,16,17). The average molecular weight is 319 g/mol. The van der Waals surface area contributed by atoms with Crippen LogP contribution < -0.4 is 16.4 Å². The molecule has 0 aromatic carbocycles. The van der Waals surface area contributed by atoms with Crippen LogP contribution in [0.2, 0.25) is 0 Å². The summed E-state index contributed by atoms with van der Waals surface area (Å²) in [4.78, 5) is 22.3. The maximum atomic E-state index is 11.2. The third-order valence-electron chi connectivity index (χ3n) is 1.62. The number of nitrogens with two attached hydrogens (primary N) is 1. The molecule has 0 aliphatic rings. The lowest BCUT2D eigenvalue weighted by atomic mass is 10.2. The van der Waals surface area contributed by atoms with Crippen molar-refractivity contribution >= 4 is 32.1 Å². The Bertz CT molecular complexity index is 539. The molecule has 11 nitrogen and oxygen atoms in total. The Labute approximate surface area is 109 Å². The van der Waals surface area contributed by atoms with Crippen LogP contribution in [-0.2, 0) is 29.8 Å². The largest absolute Gasteiger partial charge is 0.340 e. The van der Waals surface area contributed by atoms with E-state index in [4.69, 9.17) is 14.8 Å². The van der Waals surface area contributed by atoms with Crippen LogP contribution in [0.5, 0.6) is 0 Å². The van der Waals surface area contributed by atoms with Crippen molar-refractivity contribution in [2.45, 2.75) is 12.5 Å². The maximum Gasteiger partial charge on any atom is 0.283 e. The summed E-state index contributed by atoms with van der Waals surface area (Å²) < 4.78 is 57.9. The van der Waals surface area contributed by atoms with Gasteiger partial charge < -0.3 is 16.4 Å². The van der Waals surface area contributed by atoms with E-state index in [1.54, 1.807) is 10.6 Å². The highest BCUT2D eigenvalue weighted by Crippen LogP contribution is 1.90. The van der Waals surface area contributed by atoms with Gasteiger partial charge in [0.25, 0.3) is 20.2 Å². The molecule has 0 fully saturated rings. The minimum atomic E-state index is -4.41. The van der Waals surface area contributed by atoms with Crippen LogP contribution in [0.15, 0.2) is 0 Å². The Hall–Kier alpha value is -1.28. The summed E-state index contributed by atoms with van der Waals surface area (Å²) in [6, 6.07) is -1.44. The molecule has 1 atom stereocenters. The van der Waals surface area contributed by atoms with Gasteiger partial charge in [-0.1, -0.05) is 0 Å². The van der Waals surface area contributed by atoms with Crippen molar-refractivity contribution in [3.63, 3.8) is 0 Å². The molecule has 19 heavy (non-hydrogen) atoms. The summed E-state index contributed by atoms with van der Waals surface area (Å²) >= 11 is 0. The highest BCUT2D eigenvalue weighted by Gasteiger charge is 2.19. The Morgan fingerprint density at radius 1 is 1.00 bits per heavy atom. The van der Waals surface area contributed by atoms with Crippen LogP contribution in [0.25, 0.3) is 0 Å². The third kappa shape index (κ3) is 10.3. The third-order valence-corrected chi connectivity index (χ3v) is 2.64. The van der Waals surface area contributed by atoms with Gasteiger partial charge in [0.05, 0.1) is 12.5 Å². The van der Waals surface area contributed by atoms with E-state index in [1.165, 1.54) is 0 Å². The van der Waals surface area contributed by atoms with Gasteiger partial charge in [0, 0.05) is 0 Å². The molecule has 0 aliphatic carbocycles. The van der Waals surface area contributed by atoms with Crippen molar-refractivity contribution in [2.24, 2.45) is 5.73 Å². The summed E-state index contributed by atoms with van der Waals surface area (Å²) in [5.41, 5.74) is 5.23. The lowest BCUT2D eigenvalue weighted by molar-refractivity contribution is -0.127. The highest BCUT2D eigenvalue weighted by molar-refractivity contribution is 7.86. The lowest BCUT2D eigenvalue weighted by Gasteiger charge is -2.11. The molecule has 0 aliphatic heterocycles. The van der Waals surface area contributed by atoms with Crippen molar-refractivity contribution in [3.05, 3.63) is 0 Å². The molecule has 0 radical (unpaired) electrons. The average Bonchev–Trinajstić information content (AvgIpc) is 2.21. The molecule has 0 bridgehead atoms. The first-order valence-corrected chi connectivity index (χ1v) is 7.83. The maximum absolute atomic E-state index is 11.2. The van der Waals surface area contributed by atoms with E-state index in [9.17, 15) is 26.4 Å². The van der Waals surface area contributed by atoms with Gasteiger partial charge in [0.2, 0.25) is 11.8 Å². The van der Waals surface area contributed by atoms with Gasteiger partial charge in [-0.2, -0.15) is 16.8 Å². The quantitative estimate of drug-likeness (QED) is 0.298. The first kappa shape index (κ1) is 17.7. The molecular weight excluding hydrogens is 306 g/mol. The van der Waals surface area contributed by atoms with Crippen molar-refractivity contribution in [3.8, 4) is 0 Å². The fraction of sp³-hybridized carbons (Fsp3) is 0.667. The van der Waals surface area contributed by atoms with E-state index < -0.39 is 56.3 Å². The molecular formula is C6H13N3O8S2. The van der Waals surface area contributed by atoms with Crippen molar-refractivity contribution in [2.75, 3.05) is 11.8 Å².